The van der Waals surface area contributed by atoms with Crippen molar-refractivity contribution in [3.63, 3.8) is 0 Å². The molecule has 0 heterocycles. The van der Waals surface area contributed by atoms with Crippen molar-refractivity contribution < 1.29 is 14.6 Å². The normalized spacial score (nSPS) is 11.3. The number of benzene rings is 1. The molecule has 1 rings (SSSR count). The van der Waals surface area contributed by atoms with E-state index < -0.39 is 6.10 Å². The van der Waals surface area contributed by atoms with Gasteiger partial charge in [0.15, 0.2) is 17.6 Å². The Kier molecular flexibility index (Phi) is 4.37. The highest BCUT2D eigenvalue weighted by molar-refractivity contribution is 5.44. The molecule has 84 valence electrons. The number of nitriles is 1. The molecule has 0 aliphatic carbocycles. The van der Waals surface area contributed by atoms with Gasteiger partial charge in [-0.3, -0.25) is 0 Å². The smallest absolute Gasteiger partial charge is 0.166 e. The van der Waals surface area contributed by atoms with E-state index in [0.717, 1.165) is 0 Å². The molecule has 0 unspecified atom stereocenters. The van der Waals surface area contributed by atoms with Crippen LogP contribution in [0.5, 0.6) is 11.5 Å². The second-order valence-corrected chi connectivity index (χ2v) is 3.04. The minimum Gasteiger partial charge on any atom is -0.493 e. The molecule has 0 saturated heterocycles. The molecular weight excluding hydrogens is 206 g/mol. The molecule has 0 fully saturated rings. The molecule has 1 aromatic carbocycles. The Hall–Kier alpha value is -1.99. The van der Waals surface area contributed by atoms with Crippen LogP contribution in [-0.2, 0) is 0 Å². The Bertz CT molecular complexity index is 409. The lowest BCUT2D eigenvalue weighted by atomic mass is 10.1. The summed E-state index contributed by atoms with van der Waals surface area (Å²) in [6, 6.07) is 6.58. The second-order valence-electron chi connectivity index (χ2n) is 3.04. The van der Waals surface area contributed by atoms with Gasteiger partial charge in [0.05, 0.1) is 13.2 Å². The van der Waals surface area contributed by atoms with Crippen molar-refractivity contribution in [2.24, 2.45) is 0 Å². The van der Waals surface area contributed by atoms with Crippen molar-refractivity contribution in [3.8, 4) is 17.6 Å². The summed E-state index contributed by atoms with van der Waals surface area (Å²) in [5.41, 5.74) is 0.477. The van der Waals surface area contributed by atoms with E-state index in [0.29, 0.717) is 23.7 Å². The summed E-state index contributed by atoms with van der Waals surface area (Å²) in [5.74, 6) is 1.03. The van der Waals surface area contributed by atoms with Crippen molar-refractivity contribution in [2.45, 2.75) is 6.10 Å². The highest BCUT2D eigenvalue weighted by Gasteiger charge is 2.10. The van der Waals surface area contributed by atoms with Gasteiger partial charge in [0.25, 0.3) is 0 Å². The lowest BCUT2D eigenvalue weighted by Gasteiger charge is -2.11. The monoisotopic (exact) mass is 219 g/mol. The quantitative estimate of drug-likeness (QED) is 0.606. The predicted molar refractivity (Wildman–Crippen MR) is 59.3 cm³/mol. The fourth-order valence-electron chi connectivity index (χ4n) is 1.20. The molecule has 0 amide bonds. The summed E-state index contributed by atoms with van der Waals surface area (Å²) in [5, 5.41) is 17.9. The Morgan fingerprint density at radius 1 is 1.56 bits per heavy atom. The van der Waals surface area contributed by atoms with Crippen molar-refractivity contribution in [1.29, 1.82) is 5.26 Å². The standard InChI is InChI=1S/C12H13NO3/c1-3-6-16-11-5-4-9(10(14)8-13)7-12(11)15-2/h3-5,7,10,14H,1,6H2,2H3/t10-/m1/s1. The van der Waals surface area contributed by atoms with Gasteiger partial charge in [-0.1, -0.05) is 18.7 Å². The Morgan fingerprint density at radius 2 is 2.31 bits per heavy atom. The molecule has 0 aliphatic rings. The molecule has 0 saturated carbocycles. The number of rotatable bonds is 5. The second kappa shape index (κ2) is 5.79. The lowest BCUT2D eigenvalue weighted by Crippen LogP contribution is -1.99. The van der Waals surface area contributed by atoms with Crippen LogP contribution >= 0.6 is 0 Å². The molecule has 0 spiro atoms. The maximum atomic E-state index is 9.34. The molecule has 1 aromatic rings. The summed E-state index contributed by atoms with van der Waals surface area (Å²) < 4.78 is 10.4. The van der Waals surface area contributed by atoms with Crippen LogP contribution in [0.2, 0.25) is 0 Å². The third kappa shape index (κ3) is 2.75. The number of nitrogens with zero attached hydrogens (tertiary/aromatic N) is 1. The van der Waals surface area contributed by atoms with E-state index in [-0.39, 0.29) is 0 Å². The maximum absolute atomic E-state index is 9.34. The van der Waals surface area contributed by atoms with Gasteiger partial charge in [-0.2, -0.15) is 5.26 Å². The highest BCUT2D eigenvalue weighted by Crippen LogP contribution is 2.30. The molecule has 0 radical (unpaired) electrons. The van der Waals surface area contributed by atoms with Crippen LogP contribution in [0, 0.1) is 11.3 Å². The fourth-order valence-corrected chi connectivity index (χ4v) is 1.20. The van der Waals surface area contributed by atoms with E-state index in [1.807, 2.05) is 0 Å². The molecule has 0 bridgehead atoms. The molecule has 1 N–H and O–H groups in total. The predicted octanol–water partition coefficient (Wildman–Crippen LogP) is 1.82. The molecule has 1 atom stereocenters. The first-order valence-electron chi connectivity index (χ1n) is 4.72. The zero-order chi connectivity index (χ0) is 12.0. The molecule has 0 aromatic heterocycles. The lowest BCUT2D eigenvalue weighted by molar-refractivity contribution is 0.235. The number of aliphatic hydroxyl groups excluding tert-OH is 1. The van der Waals surface area contributed by atoms with Crippen LogP contribution in [0.1, 0.15) is 11.7 Å². The van der Waals surface area contributed by atoms with E-state index in [2.05, 4.69) is 6.58 Å². The summed E-state index contributed by atoms with van der Waals surface area (Å²) in [4.78, 5) is 0. The SMILES string of the molecule is C=CCOc1ccc([C@H](O)C#N)cc1OC. The summed E-state index contributed by atoms with van der Waals surface area (Å²) in [6.45, 7) is 3.91. The first-order chi connectivity index (χ1) is 7.72. The summed E-state index contributed by atoms with van der Waals surface area (Å²) >= 11 is 0. The van der Waals surface area contributed by atoms with Gasteiger partial charge < -0.3 is 14.6 Å². The molecule has 16 heavy (non-hydrogen) atoms. The Balaban J connectivity index is 2.97. The van der Waals surface area contributed by atoms with Crippen molar-refractivity contribution >= 4 is 0 Å². The number of ether oxygens (including phenoxy) is 2. The van der Waals surface area contributed by atoms with Crippen LogP contribution in [0.4, 0.5) is 0 Å². The van der Waals surface area contributed by atoms with Crippen LogP contribution < -0.4 is 9.47 Å². The molecular formula is C12H13NO3. The Morgan fingerprint density at radius 3 is 2.88 bits per heavy atom. The van der Waals surface area contributed by atoms with Gasteiger partial charge in [0, 0.05) is 0 Å². The number of methoxy groups -OCH3 is 1. The average Bonchev–Trinajstić information content (AvgIpc) is 2.35. The van der Waals surface area contributed by atoms with E-state index in [1.165, 1.54) is 7.11 Å². The minimum absolute atomic E-state index is 0.372. The van der Waals surface area contributed by atoms with E-state index in [4.69, 9.17) is 14.7 Å². The largest absolute Gasteiger partial charge is 0.493 e. The van der Waals surface area contributed by atoms with Gasteiger partial charge >= 0.3 is 0 Å². The maximum Gasteiger partial charge on any atom is 0.166 e. The Labute approximate surface area is 94.3 Å². The average molecular weight is 219 g/mol. The number of hydrogen-bond acceptors (Lipinski definition) is 4. The van der Waals surface area contributed by atoms with Crippen molar-refractivity contribution in [2.75, 3.05) is 13.7 Å². The fraction of sp³-hybridized carbons (Fsp3) is 0.250. The molecule has 4 heteroatoms. The summed E-state index contributed by atoms with van der Waals surface area (Å²) in [6.07, 6.45) is 0.472. The van der Waals surface area contributed by atoms with Crippen LogP contribution in [-0.4, -0.2) is 18.8 Å². The topological polar surface area (TPSA) is 62.5 Å². The van der Waals surface area contributed by atoms with Crippen molar-refractivity contribution in [3.05, 3.63) is 36.4 Å². The third-order valence-corrected chi connectivity index (χ3v) is 1.98. The van der Waals surface area contributed by atoms with Crippen LogP contribution in [0.3, 0.4) is 0 Å². The number of hydrogen-bond donors (Lipinski definition) is 1. The molecule has 0 aliphatic heterocycles. The third-order valence-electron chi connectivity index (χ3n) is 1.98. The summed E-state index contributed by atoms with van der Waals surface area (Å²) in [7, 11) is 1.50. The minimum atomic E-state index is -1.15. The van der Waals surface area contributed by atoms with Crippen molar-refractivity contribution in [1.82, 2.24) is 0 Å². The van der Waals surface area contributed by atoms with E-state index in [1.54, 1.807) is 30.3 Å². The van der Waals surface area contributed by atoms with Gasteiger partial charge in [0.1, 0.15) is 6.61 Å². The van der Waals surface area contributed by atoms with Gasteiger partial charge in [0.2, 0.25) is 0 Å². The van der Waals surface area contributed by atoms with Gasteiger partial charge in [-0.05, 0) is 17.7 Å². The van der Waals surface area contributed by atoms with Gasteiger partial charge in [-0.25, -0.2) is 0 Å². The van der Waals surface area contributed by atoms with Gasteiger partial charge in [-0.15, -0.1) is 0 Å². The zero-order valence-corrected chi connectivity index (χ0v) is 9.01. The van der Waals surface area contributed by atoms with Crippen LogP contribution in [0.25, 0.3) is 0 Å². The first kappa shape index (κ1) is 12.1. The van der Waals surface area contributed by atoms with E-state index in [9.17, 15) is 5.11 Å². The number of aliphatic hydroxyl groups is 1. The first-order valence-corrected chi connectivity index (χ1v) is 4.72. The van der Waals surface area contributed by atoms with E-state index >= 15 is 0 Å². The van der Waals surface area contributed by atoms with Crippen LogP contribution in [0.15, 0.2) is 30.9 Å². The zero-order valence-electron chi connectivity index (χ0n) is 9.01. The molecule has 4 nitrogen and oxygen atoms in total. The highest BCUT2D eigenvalue weighted by atomic mass is 16.5.